The molecule has 3 aromatic carbocycles. The van der Waals surface area contributed by atoms with E-state index < -0.39 is 18.2 Å². The number of rotatable bonds is 16. The van der Waals surface area contributed by atoms with Gasteiger partial charge >= 0.3 is 12.1 Å². The zero-order valence-corrected chi connectivity index (χ0v) is 31.7. The smallest absolute Gasteiger partial charge is 0.410 e. The molecule has 0 radical (unpaired) electrons. The number of piperidine rings is 1. The molecule has 3 aromatic rings. The van der Waals surface area contributed by atoms with Crippen LogP contribution < -0.4 is 29.6 Å². The fourth-order valence-corrected chi connectivity index (χ4v) is 5.88. The highest BCUT2D eigenvalue weighted by Gasteiger charge is 2.28. The van der Waals surface area contributed by atoms with Crippen LogP contribution in [0.15, 0.2) is 54.6 Å². The Morgan fingerprint density at radius 3 is 2.17 bits per heavy atom. The summed E-state index contributed by atoms with van der Waals surface area (Å²) in [6.07, 6.45) is 1.32. The van der Waals surface area contributed by atoms with Crippen LogP contribution in [0.5, 0.6) is 23.0 Å². The van der Waals surface area contributed by atoms with Crippen LogP contribution in [0.2, 0.25) is 0 Å². The Labute approximate surface area is 311 Å². The second-order valence-corrected chi connectivity index (χ2v) is 13.5. The number of ketones is 1. The molecule has 0 saturated carbocycles. The molecule has 53 heavy (non-hydrogen) atoms. The molecule has 1 saturated heterocycles. The Morgan fingerprint density at radius 2 is 1.55 bits per heavy atom. The van der Waals surface area contributed by atoms with Gasteiger partial charge in [0, 0.05) is 48.8 Å². The standard InChI is InChI=1S/C40H51N3O10/c1-8-51-36(45)25-52-38-32(21-28-11-14-30(49-6)22-34(28)50-7)31(37(46)27-9-12-29(48-5)13-10-27)15-16-33(38)41-24-35(44)42-23-26-17-19-43(20-18-26)39(47)53-40(2,3)4/h9-16,22,26,41H,8,17-21,23-25H2,1-7H3,(H,42,44). The first-order valence-electron chi connectivity index (χ1n) is 17.7. The number of likely N-dealkylation sites (tertiary alicyclic amines) is 1. The van der Waals surface area contributed by atoms with E-state index in [0.717, 1.165) is 18.4 Å². The lowest BCUT2D eigenvalue weighted by atomic mass is 9.92. The number of methoxy groups -OCH3 is 3. The Morgan fingerprint density at radius 1 is 0.868 bits per heavy atom. The summed E-state index contributed by atoms with van der Waals surface area (Å²) >= 11 is 0. The predicted molar refractivity (Wildman–Crippen MR) is 199 cm³/mol. The first kappa shape index (κ1) is 40.3. The Hall–Kier alpha value is -5.46. The molecule has 0 unspecified atom stereocenters. The third-order valence-electron chi connectivity index (χ3n) is 8.65. The minimum absolute atomic E-state index is 0.108. The van der Waals surface area contributed by atoms with Gasteiger partial charge in [0.25, 0.3) is 0 Å². The third-order valence-corrected chi connectivity index (χ3v) is 8.65. The first-order chi connectivity index (χ1) is 25.3. The van der Waals surface area contributed by atoms with Crippen LogP contribution in [0.1, 0.15) is 67.6 Å². The lowest BCUT2D eigenvalue weighted by Gasteiger charge is -2.33. The first-order valence-corrected chi connectivity index (χ1v) is 17.7. The van der Waals surface area contributed by atoms with E-state index in [2.05, 4.69) is 10.6 Å². The molecular formula is C40H51N3O10. The zero-order valence-electron chi connectivity index (χ0n) is 31.7. The molecule has 13 nitrogen and oxygen atoms in total. The summed E-state index contributed by atoms with van der Waals surface area (Å²) in [6, 6.07) is 15.5. The van der Waals surface area contributed by atoms with Crippen LogP contribution in [-0.2, 0) is 25.5 Å². The molecule has 0 spiro atoms. The average molecular weight is 734 g/mol. The summed E-state index contributed by atoms with van der Waals surface area (Å²) in [5, 5.41) is 6.14. The van der Waals surface area contributed by atoms with Crippen LogP contribution in [-0.4, -0.2) is 95.0 Å². The molecule has 1 fully saturated rings. The van der Waals surface area contributed by atoms with Crippen molar-refractivity contribution in [3.8, 4) is 23.0 Å². The van der Waals surface area contributed by atoms with Gasteiger partial charge in [-0.15, -0.1) is 0 Å². The summed E-state index contributed by atoms with van der Waals surface area (Å²) in [6.45, 7) is 8.41. The van der Waals surface area contributed by atoms with Gasteiger partial charge in [-0.2, -0.15) is 0 Å². The number of hydrogen-bond donors (Lipinski definition) is 2. The van der Waals surface area contributed by atoms with Gasteiger partial charge in [0.05, 0.1) is 40.2 Å². The van der Waals surface area contributed by atoms with E-state index in [0.29, 0.717) is 59.3 Å². The van der Waals surface area contributed by atoms with Gasteiger partial charge < -0.3 is 44.0 Å². The highest BCUT2D eigenvalue weighted by Crippen LogP contribution is 2.37. The quantitative estimate of drug-likeness (QED) is 0.139. The molecule has 286 valence electrons. The van der Waals surface area contributed by atoms with Crippen LogP contribution in [0.3, 0.4) is 0 Å². The van der Waals surface area contributed by atoms with E-state index in [9.17, 15) is 19.2 Å². The van der Waals surface area contributed by atoms with Crippen molar-refractivity contribution >= 4 is 29.4 Å². The fourth-order valence-electron chi connectivity index (χ4n) is 5.88. The number of carbonyl (C=O) groups is 4. The number of esters is 1. The van der Waals surface area contributed by atoms with E-state index in [1.807, 2.05) is 26.8 Å². The van der Waals surface area contributed by atoms with Crippen molar-refractivity contribution in [1.29, 1.82) is 0 Å². The van der Waals surface area contributed by atoms with E-state index >= 15 is 0 Å². The second-order valence-electron chi connectivity index (χ2n) is 13.5. The highest BCUT2D eigenvalue weighted by molar-refractivity contribution is 6.11. The number of nitrogens with zero attached hydrogens (tertiary/aromatic N) is 1. The molecule has 1 aliphatic heterocycles. The maximum atomic E-state index is 14.1. The van der Waals surface area contributed by atoms with Crippen molar-refractivity contribution in [1.82, 2.24) is 10.2 Å². The van der Waals surface area contributed by atoms with Crippen molar-refractivity contribution in [3.05, 3.63) is 76.9 Å². The van der Waals surface area contributed by atoms with Crippen molar-refractivity contribution < 1.29 is 47.6 Å². The van der Waals surface area contributed by atoms with Crippen molar-refractivity contribution in [2.45, 2.75) is 52.6 Å². The number of carbonyl (C=O) groups excluding carboxylic acids is 4. The molecule has 4 rings (SSSR count). The molecule has 2 amide bonds. The van der Waals surface area contributed by atoms with E-state index in [4.69, 9.17) is 28.4 Å². The second kappa shape index (κ2) is 18.9. The summed E-state index contributed by atoms with van der Waals surface area (Å²) in [5.41, 5.74) is 1.80. The van der Waals surface area contributed by atoms with Crippen molar-refractivity contribution in [2.24, 2.45) is 5.92 Å². The summed E-state index contributed by atoms with van der Waals surface area (Å²) < 4.78 is 33.1. The number of hydrogen-bond acceptors (Lipinski definition) is 11. The van der Waals surface area contributed by atoms with E-state index in [-0.39, 0.29) is 49.0 Å². The minimum atomic E-state index is -0.589. The minimum Gasteiger partial charge on any atom is -0.497 e. The van der Waals surface area contributed by atoms with E-state index in [1.54, 1.807) is 81.7 Å². The molecule has 13 heteroatoms. The van der Waals surface area contributed by atoms with Gasteiger partial charge in [-0.05, 0) is 94.5 Å². The molecule has 0 aromatic heterocycles. The molecule has 2 N–H and O–H groups in total. The summed E-state index contributed by atoms with van der Waals surface area (Å²) in [7, 11) is 4.65. The lowest BCUT2D eigenvalue weighted by molar-refractivity contribution is -0.145. The maximum absolute atomic E-state index is 14.1. The van der Waals surface area contributed by atoms with Crippen LogP contribution in [0, 0.1) is 5.92 Å². The topological polar surface area (TPSA) is 151 Å². The Bertz CT molecular complexity index is 1730. The predicted octanol–water partition coefficient (Wildman–Crippen LogP) is 5.65. The molecule has 0 bridgehead atoms. The Kier molecular flexibility index (Phi) is 14.3. The maximum Gasteiger partial charge on any atom is 0.410 e. The fraction of sp³-hybridized carbons (Fsp3) is 0.450. The molecule has 1 heterocycles. The molecule has 0 atom stereocenters. The van der Waals surface area contributed by atoms with Crippen LogP contribution in [0.25, 0.3) is 0 Å². The molecular weight excluding hydrogens is 682 g/mol. The van der Waals surface area contributed by atoms with Gasteiger partial charge in [0.15, 0.2) is 12.4 Å². The number of anilines is 1. The van der Waals surface area contributed by atoms with Gasteiger partial charge in [0.1, 0.15) is 28.6 Å². The van der Waals surface area contributed by atoms with Crippen LogP contribution in [0.4, 0.5) is 10.5 Å². The molecule has 0 aliphatic carbocycles. The monoisotopic (exact) mass is 733 g/mol. The highest BCUT2D eigenvalue weighted by atomic mass is 16.6. The third kappa shape index (κ3) is 11.5. The summed E-state index contributed by atoms with van der Waals surface area (Å²) in [4.78, 5) is 53.9. The van der Waals surface area contributed by atoms with Crippen molar-refractivity contribution in [3.63, 3.8) is 0 Å². The van der Waals surface area contributed by atoms with Gasteiger partial charge in [0.2, 0.25) is 5.91 Å². The SMILES string of the molecule is CCOC(=O)COc1c(NCC(=O)NCC2CCN(C(=O)OC(C)(C)C)CC2)ccc(C(=O)c2ccc(OC)cc2)c1Cc1ccc(OC)cc1OC. The number of nitrogens with one attached hydrogen (secondary N) is 2. The van der Waals surface area contributed by atoms with E-state index in [1.165, 1.54) is 0 Å². The zero-order chi connectivity index (χ0) is 38.5. The number of amides is 2. The van der Waals surface area contributed by atoms with Crippen molar-refractivity contribution in [2.75, 3.05) is 66.0 Å². The number of benzene rings is 3. The lowest BCUT2D eigenvalue weighted by Crippen LogP contribution is -2.44. The largest absolute Gasteiger partial charge is 0.497 e. The van der Waals surface area contributed by atoms with Gasteiger partial charge in [-0.3, -0.25) is 9.59 Å². The average Bonchev–Trinajstić information content (AvgIpc) is 3.15. The van der Waals surface area contributed by atoms with Crippen LogP contribution >= 0.6 is 0 Å². The normalized spacial score (nSPS) is 13.1. The van der Waals surface area contributed by atoms with Gasteiger partial charge in [-0.1, -0.05) is 6.07 Å². The Balaban J connectivity index is 1.59. The summed E-state index contributed by atoms with van der Waals surface area (Å²) in [5.74, 6) is 1.02. The number of ether oxygens (including phenoxy) is 6. The van der Waals surface area contributed by atoms with Gasteiger partial charge in [-0.25, -0.2) is 9.59 Å². The molecule has 1 aliphatic rings.